The number of hydrogen-bond donors (Lipinski definition) is 1. The minimum atomic E-state index is -0.254. The van der Waals surface area contributed by atoms with Gasteiger partial charge in [0.2, 0.25) is 17.8 Å². The fourth-order valence-electron chi connectivity index (χ4n) is 2.16. The van der Waals surface area contributed by atoms with Crippen molar-refractivity contribution in [2.45, 2.75) is 0 Å². The maximum Gasteiger partial charge on any atom is 0.246 e. The van der Waals surface area contributed by atoms with Crippen molar-refractivity contribution in [3.63, 3.8) is 0 Å². The third kappa shape index (κ3) is 2.84. The number of fused-ring (bicyclic) bond motifs is 1. The molecule has 3 rings (SSSR count). The zero-order valence-electron chi connectivity index (χ0n) is 11.3. The number of aromatic nitrogens is 2. The van der Waals surface area contributed by atoms with Gasteiger partial charge in [-0.25, -0.2) is 4.98 Å². The Morgan fingerprint density at radius 1 is 1.52 bits per heavy atom. The second kappa shape index (κ2) is 5.57. The molecule has 2 aromatic rings. The highest BCUT2D eigenvalue weighted by Crippen LogP contribution is 2.22. The molecular weight excluding hydrogens is 312 g/mol. The average molecular weight is 325 g/mol. The Labute approximate surface area is 130 Å². The third-order valence-electron chi connectivity index (χ3n) is 3.25. The van der Waals surface area contributed by atoms with Crippen LogP contribution in [0, 0.1) is 0 Å². The van der Waals surface area contributed by atoms with Gasteiger partial charge in [0, 0.05) is 12.1 Å². The lowest BCUT2D eigenvalue weighted by Crippen LogP contribution is -2.34. The van der Waals surface area contributed by atoms with Crippen LogP contribution >= 0.6 is 23.4 Å². The minimum Gasteiger partial charge on any atom is -0.323 e. The van der Waals surface area contributed by atoms with Crippen LogP contribution < -0.4 is 5.32 Å². The van der Waals surface area contributed by atoms with E-state index in [0.29, 0.717) is 28.1 Å². The Bertz CT molecular complexity index is 730. The van der Waals surface area contributed by atoms with Crippen LogP contribution in [-0.4, -0.2) is 44.4 Å². The van der Waals surface area contributed by atoms with Gasteiger partial charge in [0.1, 0.15) is 6.54 Å². The molecule has 1 aromatic carbocycles. The van der Waals surface area contributed by atoms with Crippen LogP contribution in [0.5, 0.6) is 0 Å². The van der Waals surface area contributed by atoms with Crippen LogP contribution in [0.15, 0.2) is 18.2 Å². The van der Waals surface area contributed by atoms with Crippen LogP contribution in [0.1, 0.15) is 0 Å². The van der Waals surface area contributed by atoms with Gasteiger partial charge in [-0.1, -0.05) is 11.6 Å². The van der Waals surface area contributed by atoms with Gasteiger partial charge in [0.15, 0.2) is 0 Å². The summed E-state index contributed by atoms with van der Waals surface area (Å²) >= 11 is 7.44. The first kappa shape index (κ1) is 14.2. The molecule has 2 amide bonds. The van der Waals surface area contributed by atoms with Crippen molar-refractivity contribution in [3.8, 4) is 0 Å². The summed E-state index contributed by atoms with van der Waals surface area (Å²) < 4.78 is 1.78. The van der Waals surface area contributed by atoms with Gasteiger partial charge >= 0.3 is 0 Å². The molecule has 0 radical (unpaired) electrons. The van der Waals surface area contributed by atoms with Crippen molar-refractivity contribution in [1.29, 1.82) is 0 Å². The first-order valence-corrected chi connectivity index (χ1v) is 7.85. The van der Waals surface area contributed by atoms with Crippen molar-refractivity contribution in [3.05, 3.63) is 23.2 Å². The first-order valence-electron chi connectivity index (χ1n) is 6.32. The molecule has 1 N–H and O–H groups in total. The SMILES string of the molecule is Cn1c(NC(=O)CN2CSCC2=O)nc2cc(Cl)ccc21. The molecular formula is C13H13ClN4O2S. The van der Waals surface area contributed by atoms with Crippen molar-refractivity contribution < 1.29 is 9.59 Å². The lowest BCUT2D eigenvalue weighted by atomic mass is 10.3. The number of aryl methyl sites for hydroxylation is 1. The van der Waals surface area contributed by atoms with E-state index in [2.05, 4.69) is 10.3 Å². The lowest BCUT2D eigenvalue weighted by molar-refractivity contribution is -0.130. The molecule has 1 fully saturated rings. The third-order valence-corrected chi connectivity index (χ3v) is 4.43. The van der Waals surface area contributed by atoms with Crippen LogP contribution in [0.25, 0.3) is 11.0 Å². The molecule has 1 aliphatic heterocycles. The Morgan fingerprint density at radius 2 is 2.33 bits per heavy atom. The summed E-state index contributed by atoms with van der Waals surface area (Å²) in [6.07, 6.45) is 0. The molecule has 1 aromatic heterocycles. The number of halogens is 1. The summed E-state index contributed by atoms with van der Waals surface area (Å²) in [6, 6.07) is 5.37. The summed E-state index contributed by atoms with van der Waals surface area (Å²) in [7, 11) is 1.82. The van der Waals surface area contributed by atoms with E-state index < -0.39 is 0 Å². The number of nitrogens with one attached hydrogen (secondary N) is 1. The predicted octanol–water partition coefficient (Wildman–Crippen LogP) is 1.70. The maximum absolute atomic E-state index is 12.0. The van der Waals surface area contributed by atoms with Gasteiger partial charge in [-0.05, 0) is 18.2 Å². The van der Waals surface area contributed by atoms with Gasteiger partial charge in [-0.2, -0.15) is 0 Å². The first-order chi connectivity index (χ1) is 10.0. The quantitative estimate of drug-likeness (QED) is 0.933. The van der Waals surface area contributed by atoms with Gasteiger partial charge in [-0.3, -0.25) is 14.9 Å². The predicted molar refractivity (Wildman–Crippen MR) is 83.4 cm³/mol. The van der Waals surface area contributed by atoms with Crippen molar-refractivity contribution in [1.82, 2.24) is 14.5 Å². The highest BCUT2D eigenvalue weighted by molar-refractivity contribution is 8.00. The number of anilines is 1. The van der Waals surface area contributed by atoms with E-state index in [4.69, 9.17) is 11.6 Å². The van der Waals surface area contributed by atoms with Crippen molar-refractivity contribution in [2.75, 3.05) is 23.5 Å². The summed E-state index contributed by atoms with van der Waals surface area (Å²) in [5.74, 6) is 1.18. The zero-order valence-corrected chi connectivity index (χ0v) is 12.9. The summed E-state index contributed by atoms with van der Waals surface area (Å²) in [5.41, 5.74) is 1.59. The molecule has 0 unspecified atom stereocenters. The highest BCUT2D eigenvalue weighted by atomic mass is 35.5. The van der Waals surface area contributed by atoms with E-state index in [-0.39, 0.29) is 18.4 Å². The smallest absolute Gasteiger partial charge is 0.246 e. The zero-order chi connectivity index (χ0) is 15.0. The van der Waals surface area contributed by atoms with E-state index in [9.17, 15) is 9.59 Å². The topological polar surface area (TPSA) is 67.2 Å². The van der Waals surface area contributed by atoms with Gasteiger partial charge in [0.25, 0.3) is 0 Å². The molecule has 1 aliphatic rings. The number of imidazole rings is 1. The Balaban J connectivity index is 1.76. The number of carbonyl (C=O) groups excluding carboxylic acids is 2. The van der Waals surface area contributed by atoms with E-state index >= 15 is 0 Å². The van der Waals surface area contributed by atoms with Crippen molar-refractivity contribution in [2.24, 2.45) is 7.05 Å². The van der Waals surface area contributed by atoms with Crippen molar-refractivity contribution >= 4 is 52.2 Å². The molecule has 0 aliphatic carbocycles. The number of amides is 2. The molecule has 0 atom stereocenters. The van der Waals surface area contributed by atoms with E-state index in [1.165, 1.54) is 16.7 Å². The monoisotopic (exact) mass is 324 g/mol. The molecule has 0 spiro atoms. The summed E-state index contributed by atoms with van der Waals surface area (Å²) in [5, 5.41) is 3.33. The van der Waals surface area contributed by atoms with Gasteiger partial charge in [-0.15, -0.1) is 11.8 Å². The Morgan fingerprint density at radius 3 is 3.05 bits per heavy atom. The number of carbonyl (C=O) groups is 2. The highest BCUT2D eigenvalue weighted by Gasteiger charge is 2.23. The number of benzene rings is 1. The lowest BCUT2D eigenvalue weighted by Gasteiger charge is -2.13. The summed E-state index contributed by atoms with van der Waals surface area (Å²) in [4.78, 5) is 29.4. The second-order valence-corrected chi connectivity index (χ2v) is 6.14. The Kier molecular flexibility index (Phi) is 3.77. The fraction of sp³-hybridized carbons (Fsp3) is 0.308. The van der Waals surface area contributed by atoms with E-state index in [1.54, 1.807) is 16.7 Å². The van der Waals surface area contributed by atoms with Crippen LogP contribution in [0.4, 0.5) is 5.95 Å². The fourth-order valence-corrected chi connectivity index (χ4v) is 3.23. The van der Waals surface area contributed by atoms with E-state index in [0.717, 1.165) is 5.52 Å². The largest absolute Gasteiger partial charge is 0.323 e. The molecule has 1 saturated heterocycles. The minimum absolute atomic E-state index is 0.00747. The molecule has 2 heterocycles. The molecule has 6 nitrogen and oxygen atoms in total. The van der Waals surface area contributed by atoms with E-state index in [1.807, 2.05) is 13.1 Å². The number of rotatable bonds is 3. The van der Waals surface area contributed by atoms with Gasteiger partial charge in [0.05, 0.1) is 22.7 Å². The number of nitrogens with zero attached hydrogens (tertiary/aromatic N) is 3. The average Bonchev–Trinajstić information content (AvgIpc) is 2.95. The Hall–Kier alpha value is -1.73. The van der Waals surface area contributed by atoms with Crippen LogP contribution in [-0.2, 0) is 16.6 Å². The van der Waals surface area contributed by atoms with Gasteiger partial charge < -0.3 is 9.47 Å². The molecule has 110 valence electrons. The van der Waals surface area contributed by atoms with Crippen LogP contribution in [0.3, 0.4) is 0 Å². The molecule has 21 heavy (non-hydrogen) atoms. The standard InChI is InChI=1S/C13H13ClN4O2S/c1-17-10-3-2-8(14)4-9(10)15-13(17)16-11(19)5-18-7-21-6-12(18)20/h2-4H,5-7H2,1H3,(H,15,16,19). The maximum atomic E-state index is 12.0. The second-order valence-electron chi connectivity index (χ2n) is 4.74. The molecule has 0 saturated carbocycles. The number of thioether (sulfide) groups is 1. The molecule has 8 heteroatoms. The summed E-state index contributed by atoms with van der Waals surface area (Å²) in [6.45, 7) is 0.0514. The number of hydrogen-bond acceptors (Lipinski definition) is 4. The van der Waals surface area contributed by atoms with Crippen LogP contribution in [0.2, 0.25) is 5.02 Å². The normalized spacial score (nSPS) is 15.0. The molecule has 0 bridgehead atoms.